The first-order valence-electron chi connectivity index (χ1n) is 15.5. The molecule has 0 amide bonds. The minimum absolute atomic E-state index is 0.510. The van der Waals surface area contributed by atoms with Crippen LogP contribution in [-0.4, -0.2) is 23.3 Å². The van der Waals surface area contributed by atoms with Crippen molar-refractivity contribution < 1.29 is 18.3 Å². The number of hydrogen-bond donors (Lipinski definition) is 0. The van der Waals surface area contributed by atoms with Crippen LogP contribution in [0.2, 0.25) is 0 Å². The van der Waals surface area contributed by atoms with E-state index in [1.807, 2.05) is 24.3 Å². The molecule has 0 bridgehead atoms. The Morgan fingerprint density at radius 1 is 0.533 bits per heavy atom. The van der Waals surface area contributed by atoms with E-state index in [1.54, 1.807) is 12.5 Å². The fraction of sp³-hybridized carbons (Fsp3) is 0.179. The van der Waals surface area contributed by atoms with Crippen molar-refractivity contribution in [3.63, 3.8) is 0 Å². The molecule has 0 saturated carbocycles. The Balaban J connectivity index is 1.19. The first-order chi connectivity index (χ1) is 22.3. The van der Waals surface area contributed by atoms with E-state index in [0.717, 1.165) is 36.1 Å². The monoisotopic (exact) mass is 592 g/mol. The first-order valence-corrected chi connectivity index (χ1v) is 15.5. The lowest BCUT2D eigenvalue weighted by molar-refractivity contribution is 0.0821. The summed E-state index contributed by atoms with van der Waals surface area (Å²) in [6.45, 7) is 4.03. The number of rotatable bonds is 6. The SMILES string of the molecule is c1coc(CN2COc3ccc(C4(c5ccc6c(c5)CN(Cc5ccco5)CO6)c5ccccc5-c5ccccc54)cc3C2)c1. The van der Waals surface area contributed by atoms with Crippen LogP contribution in [0, 0.1) is 0 Å². The first kappa shape index (κ1) is 26.4. The molecule has 45 heavy (non-hydrogen) atoms. The van der Waals surface area contributed by atoms with Gasteiger partial charge >= 0.3 is 0 Å². The Morgan fingerprint density at radius 3 is 1.49 bits per heavy atom. The largest absolute Gasteiger partial charge is 0.478 e. The summed E-state index contributed by atoms with van der Waals surface area (Å²) in [5.41, 5.74) is 9.43. The number of ether oxygens (including phenoxy) is 2. The molecule has 1 aliphatic carbocycles. The predicted octanol–water partition coefficient (Wildman–Crippen LogP) is 7.94. The van der Waals surface area contributed by atoms with Crippen molar-refractivity contribution in [2.24, 2.45) is 0 Å². The predicted molar refractivity (Wildman–Crippen MR) is 171 cm³/mol. The molecule has 2 aliphatic heterocycles. The third-order valence-electron chi connectivity index (χ3n) is 9.45. The number of benzene rings is 4. The van der Waals surface area contributed by atoms with Crippen molar-refractivity contribution in [2.45, 2.75) is 31.6 Å². The Hall–Kier alpha value is -5.04. The molecule has 222 valence electrons. The highest BCUT2D eigenvalue weighted by atomic mass is 16.5. The zero-order valence-corrected chi connectivity index (χ0v) is 24.8. The highest BCUT2D eigenvalue weighted by Crippen LogP contribution is 2.57. The molecule has 2 aromatic heterocycles. The van der Waals surface area contributed by atoms with Crippen LogP contribution in [0.3, 0.4) is 0 Å². The van der Waals surface area contributed by atoms with Crippen LogP contribution in [0.15, 0.2) is 131 Å². The molecule has 9 rings (SSSR count). The van der Waals surface area contributed by atoms with Gasteiger partial charge in [0, 0.05) is 24.2 Å². The molecule has 6 heteroatoms. The van der Waals surface area contributed by atoms with Crippen LogP contribution in [0.1, 0.15) is 44.9 Å². The molecule has 4 aromatic carbocycles. The lowest BCUT2D eigenvalue weighted by Gasteiger charge is -2.37. The van der Waals surface area contributed by atoms with Gasteiger partial charge in [0.25, 0.3) is 0 Å². The standard InChI is InChI=1S/C39H32N2O4/c1-3-11-35-33(9-1)34-10-2-4-12-36(34)39(35,29-13-15-37-27(19-29)21-40(25-44-37)23-31-7-5-17-42-31)30-14-16-38-28(20-30)22-41(26-45-38)24-32-8-6-18-43-32/h1-20H,21-26H2. The molecule has 0 spiro atoms. The summed E-state index contributed by atoms with van der Waals surface area (Å²) in [6.07, 6.45) is 3.45. The van der Waals surface area contributed by atoms with Gasteiger partial charge in [-0.3, -0.25) is 9.80 Å². The highest BCUT2D eigenvalue weighted by molar-refractivity contribution is 5.86. The maximum absolute atomic E-state index is 6.26. The topological polar surface area (TPSA) is 51.2 Å². The summed E-state index contributed by atoms with van der Waals surface area (Å²) in [5, 5.41) is 0. The molecule has 6 nitrogen and oxygen atoms in total. The van der Waals surface area contributed by atoms with E-state index < -0.39 is 5.41 Å². The van der Waals surface area contributed by atoms with E-state index >= 15 is 0 Å². The number of nitrogens with zero attached hydrogens (tertiary/aromatic N) is 2. The minimum Gasteiger partial charge on any atom is -0.478 e. The lowest BCUT2D eigenvalue weighted by Crippen LogP contribution is -2.34. The second-order valence-corrected chi connectivity index (χ2v) is 12.2. The van der Waals surface area contributed by atoms with Gasteiger partial charge in [0.2, 0.25) is 0 Å². The van der Waals surface area contributed by atoms with E-state index in [-0.39, 0.29) is 0 Å². The van der Waals surface area contributed by atoms with Crippen LogP contribution in [-0.2, 0) is 31.6 Å². The third kappa shape index (κ3) is 4.32. The van der Waals surface area contributed by atoms with Crippen LogP contribution in [0.25, 0.3) is 11.1 Å². The summed E-state index contributed by atoms with van der Waals surface area (Å²) < 4.78 is 23.8. The van der Waals surface area contributed by atoms with Crippen molar-refractivity contribution in [2.75, 3.05) is 13.5 Å². The van der Waals surface area contributed by atoms with E-state index in [9.17, 15) is 0 Å². The van der Waals surface area contributed by atoms with Crippen molar-refractivity contribution in [3.8, 4) is 22.6 Å². The molecule has 0 N–H and O–H groups in total. The zero-order valence-electron chi connectivity index (χ0n) is 24.8. The molecule has 6 aromatic rings. The van der Waals surface area contributed by atoms with Gasteiger partial charge < -0.3 is 18.3 Å². The summed E-state index contributed by atoms with van der Waals surface area (Å²) in [6, 6.07) is 39.2. The van der Waals surface area contributed by atoms with Crippen LogP contribution >= 0.6 is 0 Å². The number of fused-ring (bicyclic) bond motifs is 5. The number of furan rings is 2. The van der Waals surface area contributed by atoms with Gasteiger partial charge in [0.05, 0.1) is 31.0 Å². The van der Waals surface area contributed by atoms with Crippen molar-refractivity contribution in [3.05, 3.63) is 167 Å². The summed E-state index contributed by atoms with van der Waals surface area (Å²) >= 11 is 0. The second-order valence-electron chi connectivity index (χ2n) is 12.2. The van der Waals surface area contributed by atoms with E-state index in [2.05, 4.69) is 94.7 Å². The van der Waals surface area contributed by atoms with Gasteiger partial charge in [-0.25, -0.2) is 0 Å². The summed E-state index contributed by atoms with van der Waals surface area (Å²) in [4.78, 5) is 4.55. The van der Waals surface area contributed by atoms with E-state index in [4.69, 9.17) is 18.3 Å². The zero-order chi connectivity index (χ0) is 29.8. The Kier molecular flexibility index (Phi) is 6.18. The molecule has 3 aliphatic rings. The van der Waals surface area contributed by atoms with Gasteiger partial charge in [-0.05, 0) is 81.9 Å². The Bertz CT molecular complexity index is 1850. The van der Waals surface area contributed by atoms with Crippen molar-refractivity contribution in [1.82, 2.24) is 9.80 Å². The molecule has 4 heterocycles. The Morgan fingerprint density at radius 2 is 1.02 bits per heavy atom. The van der Waals surface area contributed by atoms with E-state index in [1.165, 1.54) is 44.5 Å². The average molecular weight is 593 g/mol. The van der Waals surface area contributed by atoms with Crippen molar-refractivity contribution >= 4 is 0 Å². The third-order valence-corrected chi connectivity index (χ3v) is 9.45. The molecule has 0 saturated heterocycles. The quantitative estimate of drug-likeness (QED) is 0.195. The van der Waals surface area contributed by atoms with Gasteiger partial charge in [-0.15, -0.1) is 0 Å². The summed E-state index contributed by atoms with van der Waals surface area (Å²) in [5.74, 6) is 3.75. The van der Waals surface area contributed by atoms with E-state index in [0.29, 0.717) is 26.6 Å². The van der Waals surface area contributed by atoms with Crippen LogP contribution in [0.4, 0.5) is 0 Å². The Labute approximate surface area is 262 Å². The molecule has 0 fully saturated rings. The van der Waals surface area contributed by atoms with Gasteiger partial charge in [0.15, 0.2) is 0 Å². The number of hydrogen-bond acceptors (Lipinski definition) is 6. The fourth-order valence-corrected chi connectivity index (χ4v) is 7.52. The summed E-state index contributed by atoms with van der Waals surface area (Å²) in [7, 11) is 0. The van der Waals surface area contributed by atoms with Crippen LogP contribution in [0.5, 0.6) is 11.5 Å². The second kappa shape index (κ2) is 10.5. The van der Waals surface area contributed by atoms with Crippen molar-refractivity contribution in [1.29, 1.82) is 0 Å². The minimum atomic E-state index is -0.510. The molecule has 0 unspecified atom stereocenters. The van der Waals surface area contributed by atoms with Crippen LogP contribution < -0.4 is 9.47 Å². The normalized spacial score (nSPS) is 16.6. The average Bonchev–Trinajstić information content (AvgIpc) is 3.85. The van der Waals surface area contributed by atoms with Gasteiger partial charge in [-0.2, -0.15) is 0 Å². The molecular formula is C39H32N2O4. The smallest absolute Gasteiger partial charge is 0.142 e. The molecular weight excluding hydrogens is 560 g/mol. The fourth-order valence-electron chi connectivity index (χ4n) is 7.52. The highest BCUT2D eigenvalue weighted by Gasteiger charge is 2.46. The maximum Gasteiger partial charge on any atom is 0.142 e. The maximum atomic E-state index is 6.26. The van der Waals surface area contributed by atoms with Gasteiger partial charge in [-0.1, -0.05) is 60.7 Å². The lowest BCUT2D eigenvalue weighted by atomic mass is 9.67. The molecule has 0 atom stereocenters. The molecule has 0 radical (unpaired) electrons. The van der Waals surface area contributed by atoms with Gasteiger partial charge in [0.1, 0.15) is 36.5 Å².